The lowest BCUT2D eigenvalue weighted by Gasteiger charge is -2.11. The van der Waals surface area contributed by atoms with Crippen LogP contribution in [-0.2, 0) is 0 Å². The molecule has 5 aromatic rings. The molecule has 4 aromatic carbocycles. The summed E-state index contributed by atoms with van der Waals surface area (Å²) >= 11 is -0.850. The minimum absolute atomic E-state index is 0.0475. The molecule has 4 heteroatoms. The lowest BCUT2D eigenvalue weighted by Crippen LogP contribution is -2.11. The molecule has 0 aliphatic heterocycles. The monoisotopic (exact) mass is 407 g/mol. The fourth-order valence-corrected chi connectivity index (χ4v) is 4.05. The third-order valence-electron chi connectivity index (χ3n) is 4.98. The Morgan fingerprint density at radius 2 is 1.47 bits per heavy atom. The SMILES string of the molecule is [2H]C([2H])([2H])c1ccc2cccc([O][Al][O]c3ccc(-c4ccc5ccccc5c4)cc3)c2n1. The Bertz CT molecular complexity index is 1440. The van der Waals surface area contributed by atoms with Crippen molar-refractivity contribution in [1.29, 1.82) is 0 Å². The Labute approximate surface area is 186 Å². The molecule has 0 saturated heterocycles. The molecule has 0 aliphatic carbocycles. The molecule has 0 saturated carbocycles. The molecule has 0 fully saturated rings. The van der Waals surface area contributed by atoms with E-state index in [-0.39, 0.29) is 5.69 Å². The molecule has 0 spiro atoms. The number of hydrogen-bond acceptors (Lipinski definition) is 3. The van der Waals surface area contributed by atoms with E-state index in [4.69, 9.17) is 11.7 Å². The van der Waals surface area contributed by atoms with E-state index in [0.29, 0.717) is 17.0 Å². The van der Waals surface area contributed by atoms with Crippen LogP contribution in [0.1, 0.15) is 9.81 Å². The zero-order chi connectivity index (χ0) is 22.8. The van der Waals surface area contributed by atoms with Crippen LogP contribution in [0, 0.1) is 6.85 Å². The number of benzene rings is 4. The number of aryl methyl sites for hydroxylation is 1. The second-order valence-corrected chi connectivity index (χ2v) is 7.61. The molecule has 1 radical (unpaired) electrons. The van der Waals surface area contributed by atoms with Gasteiger partial charge in [0.05, 0.1) is 5.75 Å². The molecule has 1 heterocycles. The molecule has 5 rings (SSSR count). The summed E-state index contributed by atoms with van der Waals surface area (Å²) in [5.41, 5.74) is 2.83. The normalized spacial score (nSPS) is 12.7. The van der Waals surface area contributed by atoms with E-state index >= 15 is 0 Å². The molecule has 0 amide bonds. The van der Waals surface area contributed by atoms with Crippen molar-refractivity contribution in [3.63, 3.8) is 0 Å². The van der Waals surface area contributed by atoms with Gasteiger partial charge in [-0.3, -0.25) is 0 Å². The van der Waals surface area contributed by atoms with Crippen LogP contribution < -0.4 is 7.58 Å². The number of aromatic nitrogens is 1. The zero-order valence-electron chi connectivity index (χ0n) is 19.1. The fraction of sp³-hybridized carbons (Fsp3) is 0.0385. The first-order valence-electron chi connectivity index (χ1n) is 11.1. The maximum absolute atomic E-state index is 7.60. The van der Waals surface area contributed by atoms with Crippen molar-refractivity contribution in [3.8, 4) is 22.6 Å². The van der Waals surface area contributed by atoms with Crippen LogP contribution in [-0.4, -0.2) is 20.9 Å². The lowest BCUT2D eigenvalue weighted by molar-refractivity contribution is 0.461. The summed E-state index contributed by atoms with van der Waals surface area (Å²) in [6.45, 7) is -2.27. The van der Waals surface area contributed by atoms with Crippen molar-refractivity contribution >= 4 is 37.6 Å². The number of rotatable bonds is 5. The van der Waals surface area contributed by atoms with Gasteiger partial charge in [-0.2, -0.15) is 0 Å². The van der Waals surface area contributed by atoms with Crippen LogP contribution in [0.2, 0.25) is 0 Å². The first-order valence-corrected chi connectivity index (χ1v) is 10.6. The second kappa shape index (κ2) is 8.20. The topological polar surface area (TPSA) is 31.4 Å². The van der Waals surface area contributed by atoms with Crippen LogP contribution >= 0.6 is 0 Å². The van der Waals surface area contributed by atoms with E-state index < -0.39 is 22.7 Å². The van der Waals surface area contributed by atoms with E-state index in [1.165, 1.54) is 16.8 Å². The fourth-order valence-electron chi connectivity index (χ4n) is 3.44. The molecule has 1 aromatic heterocycles. The van der Waals surface area contributed by atoms with Crippen molar-refractivity contribution in [2.45, 2.75) is 6.85 Å². The van der Waals surface area contributed by atoms with Gasteiger partial charge in [-0.1, -0.05) is 66.7 Å². The molecule has 3 nitrogen and oxygen atoms in total. The van der Waals surface area contributed by atoms with Crippen LogP contribution in [0.25, 0.3) is 32.8 Å². The smallest absolute Gasteiger partial charge is 0.616 e. The predicted octanol–water partition coefficient (Wildman–Crippen LogP) is 6.36. The minimum Gasteiger partial charge on any atom is -0.616 e. The maximum atomic E-state index is 7.60. The third kappa shape index (κ3) is 3.89. The van der Waals surface area contributed by atoms with Gasteiger partial charge in [0.15, 0.2) is 0 Å². The summed E-state index contributed by atoms with van der Waals surface area (Å²) in [6.07, 6.45) is 0. The first kappa shape index (κ1) is 15.5. The van der Waals surface area contributed by atoms with Gasteiger partial charge < -0.3 is 7.58 Å². The first-order chi connectivity index (χ1) is 16.0. The van der Waals surface area contributed by atoms with E-state index in [0.717, 1.165) is 16.5 Å². The van der Waals surface area contributed by atoms with E-state index in [2.05, 4.69) is 35.3 Å². The van der Waals surface area contributed by atoms with Gasteiger partial charge in [0.2, 0.25) is 0 Å². The summed E-state index contributed by atoms with van der Waals surface area (Å²) in [7, 11) is 0. The molecular weight excluding hydrogens is 385 g/mol. The molecule has 143 valence electrons. The number of fused-ring (bicyclic) bond motifs is 2. The van der Waals surface area contributed by atoms with Crippen molar-refractivity contribution in [2.75, 3.05) is 0 Å². The number of para-hydroxylation sites is 1. The summed E-state index contributed by atoms with van der Waals surface area (Å²) in [4.78, 5) is 4.31. The molecule has 0 atom stereocenters. The van der Waals surface area contributed by atoms with Gasteiger partial charge in [-0.15, -0.1) is 0 Å². The van der Waals surface area contributed by atoms with Gasteiger partial charge in [0.1, 0.15) is 11.3 Å². The Morgan fingerprint density at radius 3 is 2.33 bits per heavy atom. The summed E-state index contributed by atoms with van der Waals surface area (Å²) in [5, 5.41) is 3.24. The van der Waals surface area contributed by atoms with Crippen LogP contribution in [0.4, 0.5) is 0 Å². The average Bonchev–Trinajstić information content (AvgIpc) is 2.83. The lowest BCUT2D eigenvalue weighted by atomic mass is 10.0. The Hall–Kier alpha value is -3.32. The summed E-state index contributed by atoms with van der Waals surface area (Å²) in [5.74, 6) is 1.23. The van der Waals surface area contributed by atoms with Gasteiger partial charge >= 0.3 is 15.9 Å². The highest BCUT2D eigenvalue weighted by Gasteiger charge is 2.10. The molecule has 0 unspecified atom stereocenters. The quantitative estimate of drug-likeness (QED) is 0.318. The highest BCUT2D eigenvalue weighted by molar-refractivity contribution is 6.21. The number of pyridine rings is 1. The van der Waals surface area contributed by atoms with Crippen LogP contribution in [0.15, 0.2) is 97.1 Å². The van der Waals surface area contributed by atoms with Gasteiger partial charge in [0, 0.05) is 15.2 Å². The van der Waals surface area contributed by atoms with Crippen molar-refractivity contribution in [1.82, 2.24) is 4.98 Å². The van der Waals surface area contributed by atoms with E-state index in [1.807, 2.05) is 48.5 Å². The van der Waals surface area contributed by atoms with Crippen molar-refractivity contribution in [2.24, 2.45) is 0 Å². The molecule has 30 heavy (non-hydrogen) atoms. The standard InChI is InChI=1S/C16H12O.C10H9NO.Al/c17-16-9-7-13(8-10-16)15-6-5-12-3-1-2-4-14(12)11-15;1-7-5-6-8-3-2-4-9(12)10(8)11-7;/h1-11,17H;2-6,12H,1H3;/q;;+2/p-2/i;1D3;. The van der Waals surface area contributed by atoms with Gasteiger partial charge in [-0.05, 0) is 59.1 Å². The Balaban J connectivity index is 1.29. The third-order valence-corrected chi connectivity index (χ3v) is 5.70. The van der Waals surface area contributed by atoms with E-state index in [9.17, 15) is 0 Å². The minimum atomic E-state index is -2.27. The maximum Gasteiger partial charge on any atom is 0.881 e. The highest BCUT2D eigenvalue weighted by Crippen LogP contribution is 2.27. The van der Waals surface area contributed by atoms with Crippen LogP contribution in [0.3, 0.4) is 0 Å². The predicted molar refractivity (Wildman–Crippen MR) is 123 cm³/mol. The Kier molecular flexibility index (Phi) is 4.24. The molecule has 0 aliphatic rings. The summed E-state index contributed by atoms with van der Waals surface area (Å²) < 4.78 is 34.5. The largest absolute Gasteiger partial charge is 0.881 e. The van der Waals surface area contributed by atoms with Crippen molar-refractivity contribution in [3.05, 3.63) is 103 Å². The summed E-state index contributed by atoms with van der Waals surface area (Å²) in [6, 6.07) is 31.4. The highest BCUT2D eigenvalue weighted by atomic mass is 27.2. The van der Waals surface area contributed by atoms with Crippen LogP contribution in [0.5, 0.6) is 11.5 Å². The molecule has 0 bridgehead atoms. The van der Waals surface area contributed by atoms with Gasteiger partial charge in [-0.25, -0.2) is 4.98 Å². The van der Waals surface area contributed by atoms with Crippen molar-refractivity contribution < 1.29 is 11.7 Å². The van der Waals surface area contributed by atoms with E-state index in [1.54, 1.807) is 12.1 Å². The van der Waals surface area contributed by atoms with Gasteiger partial charge in [0.25, 0.3) is 0 Å². The zero-order valence-corrected chi connectivity index (χ0v) is 17.2. The number of nitrogens with zero attached hydrogens (tertiary/aromatic N) is 1. The average molecular weight is 407 g/mol. The Morgan fingerprint density at radius 1 is 0.700 bits per heavy atom. The molecule has 0 N–H and O–H groups in total. The second-order valence-electron chi connectivity index (χ2n) is 6.94. The molecular formula is C26H19AlNO2. The number of hydrogen-bond donors (Lipinski definition) is 0.